The first-order valence-electron chi connectivity index (χ1n) is 9.71. The molecule has 1 saturated heterocycles. The second-order valence-corrected chi connectivity index (χ2v) is 7.05. The van der Waals surface area contributed by atoms with Crippen LogP contribution in [0.1, 0.15) is 12.5 Å². The Morgan fingerprint density at radius 2 is 1.86 bits per heavy atom. The van der Waals surface area contributed by atoms with Crippen LogP contribution in [0.25, 0.3) is 0 Å². The Kier molecular flexibility index (Phi) is 6.77. The molecule has 0 atom stereocenters. The molecule has 1 aliphatic rings. The lowest BCUT2D eigenvalue weighted by Gasteiger charge is -2.36. The van der Waals surface area contributed by atoms with Gasteiger partial charge in [-0.1, -0.05) is 24.3 Å². The van der Waals surface area contributed by atoms with Gasteiger partial charge in [-0.2, -0.15) is 0 Å². The normalized spacial score (nSPS) is 14.6. The minimum absolute atomic E-state index is 0.00379. The Hall–Kier alpha value is -3.00. The molecule has 7 nitrogen and oxygen atoms in total. The quantitative estimate of drug-likeness (QED) is 0.528. The second kappa shape index (κ2) is 9.47. The highest BCUT2D eigenvalue weighted by molar-refractivity contribution is 5.78. The van der Waals surface area contributed by atoms with Gasteiger partial charge in [-0.3, -0.25) is 19.8 Å². The maximum absolute atomic E-state index is 13.4. The van der Waals surface area contributed by atoms with Crippen LogP contribution in [-0.4, -0.2) is 59.9 Å². The minimum atomic E-state index is -0.364. The van der Waals surface area contributed by atoms with Crippen molar-refractivity contribution < 1.29 is 14.1 Å². The maximum Gasteiger partial charge on any atom is 0.292 e. The number of hydrogen-bond donors (Lipinski definition) is 0. The molecule has 154 valence electrons. The average molecular weight is 400 g/mol. The summed E-state index contributed by atoms with van der Waals surface area (Å²) in [6.07, 6.45) is 0. The van der Waals surface area contributed by atoms with Gasteiger partial charge in [0.2, 0.25) is 5.91 Å². The van der Waals surface area contributed by atoms with Crippen molar-refractivity contribution in [3.05, 3.63) is 70.0 Å². The lowest BCUT2D eigenvalue weighted by Crippen LogP contribution is -2.50. The molecule has 2 aromatic carbocycles. The van der Waals surface area contributed by atoms with Crippen LogP contribution in [0, 0.1) is 15.9 Å². The Morgan fingerprint density at radius 3 is 2.52 bits per heavy atom. The van der Waals surface area contributed by atoms with Crippen molar-refractivity contribution in [2.24, 2.45) is 0 Å². The number of anilines is 1. The molecule has 1 heterocycles. The van der Waals surface area contributed by atoms with E-state index in [0.29, 0.717) is 45.0 Å². The van der Waals surface area contributed by atoms with E-state index in [1.807, 2.05) is 17.9 Å². The van der Waals surface area contributed by atoms with Crippen molar-refractivity contribution >= 4 is 17.3 Å². The SMILES string of the molecule is CCN(Cc1cccc(F)c1)C(=O)CN1CCN(c2ccccc2[N+](=O)[O-])CC1. The molecular weight excluding hydrogens is 375 g/mol. The lowest BCUT2D eigenvalue weighted by molar-refractivity contribution is -0.384. The van der Waals surface area contributed by atoms with Crippen molar-refractivity contribution in [3.63, 3.8) is 0 Å². The highest BCUT2D eigenvalue weighted by Gasteiger charge is 2.25. The van der Waals surface area contributed by atoms with Crippen LogP contribution in [0.15, 0.2) is 48.5 Å². The largest absolute Gasteiger partial charge is 0.363 e. The number of likely N-dealkylation sites (N-methyl/N-ethyl adjacent to an activating group) is 1. The summed E-state index contributed by atoms with van der Waals surface area (Å²) in [6.45, 7) is 5.65. The zero-order valence-corrected chi connectivity index (χ0v) is 16.5. The van der Waals surface area contributed by atoms with E-state index in [9.17, 15) is 19.3 Å². The molecular formula is C21H25FN4O3. The number of carbonyl (C=O) groups excluding carboxylic acids is 1. The molecule has 0 aromatic heterocycles. The minimum Gasteiger partial charge on any atom is -0.363 e. The number of nitro groups is 1. The molecule has 0 N–H and O–H groups in total. The van der Waals surface area contributed by atoms with E-state index >= 15 is 0 Å². The third kappa shape index (κ3) is 5.29. The van der Waals surface area contributed by atoms with E-state index in [0.717, 1.165) is 5.56 Å². The van der Waals surface area contributed by atoms with Gasteiger partial charge in [-0.25, -0.2) is 4.39 Å². The molecule has 0 saturated carbocycles. The second-order valence-electron chi connectivity index (χ2n) is 7.05. The van der Waals surface area contributed by atoms with Crippen LogP contribution >= 0.6 is 0 Å². The summed E-state index contributed by atoms with van der Waals surface area (Å²) in [7, 11) is 0. The lowest BCUT2D eigenvalue weighted by atomic mass is 10.2. The Labute approximate surface area is 169 Å². The Morgan fingerprint density at radius 1 is 1.14 bits per heavy atom. The van der Waals surface area contributed by atoms with Crippen molar-refractivity contribution in [1.29, 1.82) is 0 Å². The first-order valence-corrected chi connectivity index (χ1v) is 9.71. The highest BCUT2D eigenvalue weighted by atomic mass is 19.1. The first kappa shape index (κ1) is 20.7. The van der Waals surface area contributed by atoms with Gasteiger partial charge in [0.05, 0.1) is 11.5 Å². The maximum atomic E-state index is 13.4. The Balaban J connectivity index is 1.56. The number of carbonyl (C=O) groups is 1. The van der Waals surface area contributed by atoms with Gasteiger partial charge in [0.1, 0.15) is 11.5 Å². The molecule has 3 rings (SSSR count). The summed E-state index contributed by atoms with van der Waals surface area (Å²) in [5.41, 5.74) is 1.48. The summed E-state index contributed by atoms with van der Waals surface area (Å²) < 4.78 is 13.4. The predicted octanol–water partition coefficient (Wildman–Crippen LogP) is 2.90. The van der Waals surface area contributed by atoms with E-state index in [2.05, 4.69) is 4.90 Å². The molecule has 1 amide bonds. The third-order valence-corrected chi connectivity index (χ3v) is 5.15. The standard InChI is InChI=1S/C21H25FN4O3/c1-2-24(15-17-6-5-7-18(22)14-17)21(27)16-23-10-12-25(13-11-23)19-8-3-4-9-20(19)26(28)29/h3-9,14H,2,10-13,15-16H2,1H3. The molecule has 2 aromatic rings. The molecule has 0 spiro atoms. The van der Waals surface area contributed by atoms with Crippen molar-refractivity contribution in [2.75, 3.05) is 44.2 Å². The molecule has 1 aliphatic heterocycles. The first-order chi connectivity index (χ1) is 14.0. The number of amides is 1. The monoisotopic (exact) mass is 400 g/mol. The number of piperazine rings is 1. The molecule has 0 radical (unpaired) electrons. The smallest absolute Gasteiger partial charge is 0.292 e. The van der Waals surface area contributed by atoms with Gasteiger partial charge in [-0.05, 0) is 30.7 Å². The number of hydrogen-bond acceptors (Lipinski definition) is 5. The van der Waals surface area contributed by atoms with E-state index < -0.39 is 0 Å². The summed E-state index contributed by atoms with van der Waals surface area (Å²) in [4.78, 5) is 29.4. The zero-order chi connectivity index (χ0) is 20.8. The van der Waals surface area contributed by atoms with Crippen molar-refractivity contribution in [3.8, 4) is 0 Å². The molecule has 0 aliphatic carbocycles. The number of nitrogens with zero attached hydrogens (tertiary/aromatic N) is 4. The number of nitro benzene ring substituents is 1. The van der Waals surface area contributed by atoms with Crippen LogP contribution in [0.4, 0.5) is 15.8 Å². The number of para-hydroxylation sites is 2. The van der Waals surface area contributed by atoms with Crippen LogP contribution in [-0.2, 0) is 11.3 Å². The summed E-state index contributed by atoms with van der Waals surface area (Å²) >= 11 is 0. The van der Waals surface area contributed by atoms with Gasteiger partial charge in [0, 0.05) is 45.3 Å². The van der Waals surface area contributed by atoms with Gasteiger partial charge < -0.3 is 9.80 Å². The van der Waals surface area contributed by atoms with Crippen LogP contribution < -0.4 is 4.90 Å². The van der Waals surface area contributed by atoms with Gasteiger partial charge in [0.25, 0.3) is 5.69 Å². The van der Waals surface area contributed by atoms with E-state index in [1.165, 1.54) is 18.2 Å². The fraction of sp³-hybridized carbons (Fsp3) is 0.381. The van der Waals surface area contributed by atoms with E-state index in [-0.39, 0.29) is 28.9 Å². The molecule has 8 heteroatoms. The summed E-state index contributed by atoms with van der Waals surface area (Å²) in [6, 6.07) is 13.0. The number of benzene rings is 2. The van der Waals surface area contributed by atoms with Crippen LogP contribution in [0.2, 0.25) is 0 Å². The van der Waals surface area contributed by atoms with Gasteiger partial charge >= 0.3 is 0 Å². The molecule has 0 unspecified atom stereocenters. The van der Waals surface area contributed by atoms with E-state index in [1.54, 1.807) is 29.2 Å². The van der Waals surface area contributed by atoms with Gasteiger partial charge in [0.15, 0.2) is 0 Å². The fourth-order valence-electron chi connectivity index (χ4n) is 3.56. The molecule has 1 fully saturated rings. The average Bonchev–Trinajstić information content (AvgIpc) is 2.72. The molecule has 29 heavy (non-hydrogen) atoms. The van der Waals surface area contributed by atoms with Gasteiger partial charge in [-0.15, -0.1) is 0 Å². The number of rotatable bonds is 7. The van der Waals surface area contributed by atoms with Crippen molar-refractivity contribution in [1.82, 2.24) is 9.80 Å². The van der Waals surface area contributed by atoms with Crippen molar-refractivity contribution in [2.45, 2.75) is 13.5 Å². The molecule has 0 bridgehead atoms. The highest BCUT2D eigenvalue weighted by Crippen LogP contribution is 2.28. The third-order valence-electron chi connectivity index (χ3n) is 5.15. The Bertz CT molecular complexity index is 869. The zero-order valence-electron chi connectivity index (χ0n) is 16.5. The van der Waals surface area contributed by atoms with Crippen LogP contribution in [0.3, 0.4) is 0 Å². The van der Waals surface area contributed by atoms with Crippen LogP contribution in [0.5, 0.6) is 0 Å². The summed E-state index contributed by atoms with van der Waals surface area (Å²) in [5.74, 6) is -0.312. The number of halogens is 1. The predicted molar refractivity (Wildman–Crippen MR) is 109 cm³/mol. The summed E-state index contributed by atoms with van der Waals surface area (Å²) in [5, 5.41) is 11.2. The topological polar surface area (TPSA) is 69.9 Å². The van der Waals surface area contributed by atoms with E-state index in [4.69, 9.17) is 0 Å². The fourth-order valence-corrected chi connectivity index (χ4v) is 3.56.